The maximum absolute atomic E-state index is 12.3. The third-order valence-electron chi connectivity index (χ3n) is 4.70. The van der Waals surface area contributed by atoms with E-state index in [1.807, 2.05) is 30.3 Å². The van der Waals surface area contributed by atoms with Crippen LogP contribution in [0.4, 0.5) is 0 Å². The molecule has 0 amide bonds. The molecule has 2 aliphatic rings. The summed E-state index contributed by atoms with van der Waals surface area (Å²) in [5.41, 5.74) is 1.08. The molecule has 1 saturated carbocycles. The van der Waals surface area contributed by atoms with E-state index in [2.05, 4.69) is 12.2 Å². The zero-order valence-corrected chi connectivity index (χ0v) is 13.3. The zero-order chi connectivity index (χ0) is 13.9. The van der Waals surface area contributed by atoms with Crippen molar-refractivity contribution in [2.75, 3.05) is 0 Å². The number of ether oxygens (including phenoxy) is 1. The van der Waals surface area contributed by atoms with Crippen LogP contribution in [0.15, 0.2) is 30.3 Å². The third kappa shape index (κ3) is 3.58. The molecule has 1 aromatic rings. The van der Waals surface area contributed by atoms with Gasteiger partial charge < -0.3 is 10.1 Å². The number of halogens is 1. The van der Waals surface area contributed by atoms with Crippen LogP contribution in [0.3, 0.4) is 0 Å². The van der Waals surface area contributed by atoms with E-state index in [0.29, 0.717) is 12.0 Å². The molecule has 1 saturated heterocycles. The van der Waals surface area contributed by atoms with Gasteiger partial charge in [-0.3, -0.25) is 4.79 Å². The smallest absolute Gasteiger partial charge is 0.323 e. The Balaban J connectivity index is 0.00000161. The van der Waals surface area contributed by atoms with Gasteiger partial charge in [-0.2, -0.15) is 0 Å². The van der Waals surface area contributed by atoms with Crippen LogP contribution in [-0.4, -0.2) is 18.1 Å². The molecule has 0 spiro atoms. The highest BCUT2D eigenvalue weighted by Gasteiger charge is 2.40. The van der Waals surface area contributed by atoms with Gasteiger partial charge in [-0.1, -0.05) is 43.7 Å². The van der Waals surface area contributed by atoms with Gasteiger partial charge in [-0.05, 0) is 37.2 Å². The van der Waals surface area contributed by atoms with Gasteiger partial charge in [-0.25, -0.2) is 0 Å². The summed E-state index contributed by atoms with van der Waals surface area (Å²) < 4.78 is 5.73. The van der Waals surface area contributed by atoms with Crippen LogP contribution in [0, 0.1) is 5.92 Å². The van der Waals surface area contributed by atoms with Crippen molar-refractivity contribution in [2.24, 2.45) is 5.92 Å². The first-order valence-electron chi connectivity index (χ1n) is 7.79. The van der Waals surface area contributed by atoms with Crippen molar-refractivity contribution in [3.8, 4) is 0 Å². The van der Waals surface area contributed by atoms with E-state index in [-0.39, 0.29) is 30.5 Å². The van der Waals surface area contributed by atoms with E-state index in [1.165, 1.54) is 19.3 Å². The lowest BCUT2D eigenvalue weighted by Crippen LogP contribution is -2.37. The van der Waals surface area contributed by atoms with Crippen LogP contribution in [-0.2, 0) is 9.53 Å². The molecule has 116 valence electrons. The molecule has 21 heavy (non-hydrogen) atoms. The molecule has 0 bridgehead atoms. The van der Waals surface area contributed by atoms with Crippen molar-refractivity contribution in [3.63, 3.8) is 0 Å². The summed E-state index contributed by atoms with van der Waals surface area (Å²) in [4.78, 5) is 12.3. The number of nitrogens with one attached hydrogen (secondary N) is 1. The van der Waals surface area contributed by atoms with Gasteiger partial charge in [-0.15, -0.1) is 12.4 Å². The molecule has 1 aliphatic carbocycles. The first-order valence-corrected chi connectivity index (χ1v) is 7.79. The maximum atomic E-state index is 12.3. The predicted octanol–water partition coefficient (Wildman–Crippen LogP) is 3.63. The van der Waals surface area contributed by atoms with Gasteiger partial charge >= 0.3 is 5.97 Å². The number of esters is 1. The summed E-state index contributed by atoms with van der Waals surface area (Å²) in [5, 5.41) is 3.46. The van der Waals surface area contributed by atoms with E-state index in [1.54, 1.807) is 0 Å². The lowest BCUT2D eigenvalue weighted by molar-refractivity contribution is -0.152. The molecule has 1 aliphatic heterocycles. The summed E-state index contributed by atoms with van der Waals surface area (Å²) in [6.45, 7) is 2.06. The fraction of sp³-hybridized carbons (Fsp3) is 0.588. The fourth-order valence-electron chi connectivity index (χ4n) is 3.61. The Morgan fingerprint density at radius 3 is 2.76 bits per heavy atom. The Hall–Kier alpha value is -1.06. The average Bonchev–Trinajstić information content (AvgIpc) is 3.06. The number of fused-ring (bicyclic) bond motifs is 1. The molecule has 2 fully saturated rings. The van der Waals surface area contributed by atoms with Crippen molar-refractivity contribution >= 4 is 18.4 Å². The molecule has 0 radical (unpaired) electrons. The van der Waals surface area contributed by atoms with Crippen molar-refractivity contribution < 1.29 is 9.53 Å². The van der Waals surface area contributed by atoms with Crippen LogP contribution in [0.1, 0.15) is 50.7 Å². The number of hydrogen-bond acceptors (Lipinski definition) is 3. The standard InChI is InChI=1S/C17H23NO2.ClH/c1-2-16(12-7-4-3-5-8-12)20-17(19)15-11-13-9-6-10-14(13)18-15;/h3-5,7-8,13-16,18H,2,6,9-11H2,1H3;1H. The van der Waals surface area contributed by atoms with Crippen molar-refractivity contribution in [1.82, 2.24) is 5.32 Å². The Morgan fingerprint density at radius 1 is 1.33 bits per heavy atom. The normalized spacial score (nSPS) is 28.5. The first-order chi connectivity index (χ1) is 9.78. The van der Waals surface area contributed by atoms with Crippen molar-refractivity contribution in [1.29, 1.82) is 0 Å². The van der Waals surface area contributed by atoms with Gasteiger partial charge in [0.25, 0.3) is 0 Å². The molecule has 1 aromatic carbocycles. The molecule has 4 heteroatoms. The van der Waals surface area contributed by atoms with Crippen LogP contribution >= 0.6 is 12.4 Å². The van der Waals surface area contributed by atoms with Crippen LogP contribution < -0.4 is 5.32 Å². The lowest BCUT2D eigenvalue weighted by Gasteiger charge is -2.20. The van der Waals surface area contributed by atoms with E-state index in [0.717, 1.165) is 18.4 Å². The number of rotatable bonds is 4. The number of benzene rings is 1. The van der Waals surface area contributed by atoms with Gasteiger partial charge in [0.15, 0.2) is 0 Å². The minimum atomic E-state index is -0.119. The van der Waals surface area contributed by atoms with E-state index < -0.39 is 0 Å². The summed E-state index contributed by atoms with van der Waals surface area (Å²) in [7, 11) is 0. The molecular formula is C17H24ClNO2. The quantitative estimate of drug-likeness (QED) is 0.863. The molecule has 1 N–H and O–H groups in total. The van der Waals surface area contributed by atoms with Crippen LogP contribution in [0.2, 0.25) is 0 Å². The van der Waals surface area contributed by atoms with Gasteiger partial charge in [0.2, 0.25) is 0 Å². The molecule has 1 heterocycles. The third-order valence-corrected chi connectivity index (χ3v) is 4.70. The van der Waals surface area contributed by atoms with Gasteiger partial charge in [0, 0.05) is 6.04 Å². The Morgan fingerprint density at radius 2 is 2.10 bits per heavy atom. The number of hydrogen-bond donors (Lipinski definition) is 1. The second kappa shape index (κ2) is 7.28. The summed E-state index contributed by atoms with van der Waals surface area (Å²) >= 11 is 0. The Bertz CT molecular complexity index is 453. The monoisotopic (exact) mass is 309 g/mol. The van der Waals surface area contributed by atoms with E-state index in [4.69, 9.17) is 4.74 Å². The summed E-state index contributed by atoms with van der Waals surface area (Å²) in [6, 6.07) is 10.5. The zero-order valence-electron chi connectivity index (χ0n) is 12.5. The second-order valence-corrected chi connectivity index (χ2v) is 6.00. The molecule has 3 rings (SSSR count). The van der Waals surface area contributed by atoms with Crippen LogP contribution in [0.5, 0.6) is 0 Å². The lowest BCUT2D eigenvalue weighted by atomic mass is 10.0. The van der Waals surface area contributed by atoms with Gasteiger partial charge in [0.05, 0.1) is 0 Å². The second-order valence-electron chi connectivity index (χ2n) is 6.00. The molecule has 0 aromatic heterocycles. The fourth-order valence-corrected chi connectivity index (χ4v) is 3.61. The minimum absolute atomic E-state index is 0. The van der Waals surface area contributed by atoms with E-state index >= 15 is 0 Å². The highest BCUT2D eigenvalue weighted by atomic mass is 35.5. The summed E-state index contributed by atoms with van der Waals surface area (Å²) in [6.07, 6.45) is 5.42. The molecule has 3 nitrogen and oxygen atoms in total. The van der Waals surface area contributed by atoms with Crippen molar-refractivity contribution in [2.45, 2.75) is 57.2 Å². The summed E-state index contributed by atoms with van der Waals surface area (Å²) in [5.74, 6) is 0.611. The highest BCUT2D eigenvalue weighted by Crippen LogP contribution is 2.35. The van der Waals surface area contributed by atoms with Gasteiger partial charge in [0.1, 0.15) is 12.1 Å². The average molecular weight is 310 g/mol. The van der Waals surface area contributed by atoms with Crippen LogP contribution in [0.25, 0.3) is 0 Å². The molecule has 4 atom stereocenters. The first kappa shape index (κ1) is 16.3. The van der Waals surface area contributed by atoms with E-state index in [9.17, 15) is 4.79 Å². The Kier molecular flexibility index (Phi) is 5.65. The highest BCUT2D eigenvalue weighted by molar-refractivity contribution is 5.85. The van der Waals surface area contributed by atoms with Crippen molar-refractivity contribution in [3.05, 3.63) is 35.9 Å². The maximum Gasteiger partial charge on any atom is 0.323 e. The topological polar surface area (TPSA) is 38.3 Å². The molecular weight excluding hydrogens is 286 g/mol. The predicted molar refractivity (Wildman–Crippen MR) is 85.5 cm³/mol. The number of carbonyl (C=O) groups is 1. The minimum Gasteiger partial charge on any atom is -0.456 e. The largest absolute Gasteiger partial charge is 0.456 e. The molecule has 4 unspecified atom stereocenters. The SMILES string of the molecule is CCC(OC(=O)C1CC2CCCC2N1)c1ccccc1.Cl. The Labute approximate surface area is 132 Å². The number of carbonyl (C=O) groups excluding carboxylic acids is 1.